The molecule has 0 aliphatic carbocycles. The average Bonchev–Trinajstić information content (AvgIpc) is 2.99. The summed E-state index contributed by atoms with van der Waals surface area (Å²) >= 11 is 6.02. The van der Waals surface area contributed by atoms with Gasteiger partial charge in [0.15, 0.2) is 0 Å². The highest BCUT2D eigenvalue weighted by molar-refractivity contribution is 6.33. The third-order valence-electron chi connectivity index (χ3n) is 3.82. The van der Waals surface area contributed by atoms with Crippen LogP contribution < -0.4 is 10.6 Å². The van der Waals surface area contributed by atoms with E-state index in [-0.39, 0.29) is 6.61 Å². The van der Waals surface area contributed by atoms with E-state index in [1.807, 2.05) is 30.5 Å². The molecule has 1 heterocycles. The Bertz CT molecular complexity index is 847. The van der Waals surface area contributed by atoms with Gasteiger partial charge in [-0.1, -0.05) is 41.9 Å². The van der Waals surface area contributed by atoms with E-state index >= 15 is 0 Å². The molecule has 0 saturated heterocycles. The molecule has 1 aromatic heterocycles. The number of urea groups is 1. The van der Waals surface area contributed by atoms with Crippen molar-refractivity contribution in [1.29, 1.82) is 0 Å². The number of fused-ring (bicyclic) bond motifs is 1. The second-order valence-electron chi connectivity index (χ2n) is 5.52. The number of halogens is 1. The molecule has 24 heavy (non-hydrogen) atoms. The SMILES string of the molecule is O=C(Nc1ccccc1Cl)NC(CO)Cc1c[nH]c2ccccc12. The molecule has 1 atom stereocenters. The summed E-state index contributed by atoms with van der Waals surface area (Å²) in [6.07, 6.45) is 2.43. The molecule has 4 N–H and O–H groups in total. The van der Waals surface area contributed by atoms with Gasteiger partial charge >= 0.3 is 6.03 Å². The quantitative estimate of drug-likeness (QED) is 0.572. The van der Waals surface area contributed by atoms with Crippen molar-refractivity contribution in [3.8, 4) is 0 Å². The van der Waals surface area contributed by atoms with E-state index in [1.165, 1.54) is 0 Å². The topological polar surface area (TPSA) is 77.2 Å². The number of amides is 2. The van der Waals surface area contributed by atoms with Crippen molar-refractivity contribution in [2.45, 2.75) is 12.5 Å². The second kappa shape index (κ2) is 7.38. The third-order valence-corrected chi connectivity index (χ3v) is 4.15. The number of hydrogen-bond acceptors (Lipinski definition) is 2. The van der Waals surface area contributed by atoms with Gasteiger partial charge in [-0.3, -0.25) is 0 Å². The van der Waals surface area contributed by atoms with Crippen molar-refractivity contribution in [3.63, 3.8) is 0 Å². The first kappa shape index (κ1) is 16.4. The van der Waals surface area contributed by atoms with Gasteiger partial charge in [-0.25, -0.2) is 4.79 Å². The third kappa shape index (κ3) is 3.69. The molecule has 0 fully saturated rings. The first-order valence-electron chi connectivity index (χ1n) is 7.65. The van der Waals surface area contributed by atoms with E-state index in [0.717, 1.165) is 16.5 Å². The number of anilines is 1. The number of aromatic amines is 1. The summed E-state index contributed by atoms with van der Waals surface area (Å²) in [6.45, 7) is -0.157. The molecule has 0 bridgehead atoms. The van der Waals surface area contributed by atoms with Crippen LogP contribution >= 0.6 is 11.6 Å². The highest BCUT2D eigenvalue weighted by atomic mass is 35.5. The Balaban J connectivity index is 1.66. The number of H-pyrrole nitrogens is 1. The number of carbonyl (C=O) groups is 1. The Morgan fingerprint density at radius 2 is 1.92 bits per heavy atom. The fourth-order valence-corrected chi connectivity index (χ4v) is 2.82. The van der Waals surface area contributed by atoms with E-state index < -0.39 is 12.1 Å². The molecule has 1 unspecified atom stereocenters. The maximum Gasteiger partial charge on any atom is 0.319 e. The minimum atomic E-state index is -0.401. The molecule has 0 radical (unpaired) electrons. The van der Waals surface area contributed by atoms with Gasteiger partial charge in [0.1, 0.15) is 0 Å². The molecule has 0 aliphatic heterocycles. The molecule has 2 aromatic carbocycles. The summed E-state index contributed by atoms with van der Waals surface area (Å²) < 4.78 is 0. The lowest BCUT2D eigenvalue weighted by atomic mass is 10.1. The lowest BCUT2D eigenvalue weighted by molar-refractivity contribution is 0.224. The van der Waals surface area contributed by atoms with Crippen molar-refractivity contribution >= 4 is 34.2 Å². The molecular weight excluding hydrogens is 326 g/mol. The predicted octanol–water partition coefficient (Wildman–Crippen LogP) is 3.55. The maximum absolute atomic E-state index is 12.1. The number of aromatic nitrogens is 1. The zero-order valence-electron chi connectivity index (χ0n) is 12.9. The average molecular weight is 344 g/mol. The van der Waals surface area contributed by atoms with Crippen LogP contribution in [0.4, 0.5) is 10.5 Å². The number of rotatable bonds is 5. The van der Waals surface area contributed by atoms with Crippen molar-refractivity contribution < 1.29 is 9.90 Å². The Kier molecular flexibility index (Phi) is 5.03. The number of nitrogens with one attached hydrogen (secondary N) is 3. The van der Waals surface area contributed by atoms with E-state index in [4.69, 9.17) is 11.6 Å². The number of para-hydroxylation sites is 2. The van der Waals surface area contributed by atoms with Crippen LogP contribution in [0.2, 0.25) is 5.02 Å². The highest BCUT2D eigenvalue weighted by Gasteiger charge is 2.15. The molecule has 3 rings (SSSR count). The standard InChI is InChI=1S/C18H18ClN3O2/c19-15-6-2-4-8-17(15)22-18(24)21-13(11-23)9-12-10-20-16-7-3-1-5-14(12)16/h1-8,10,13,20,23H,9,11H2,(H2,21,22,24). The minimum Gasteiger partial charge on any atom is -0.394 e. The number of aliphatic hydroxyl groups excluding tert-OH is 1. The zero-order chi connectivity index (χ0) is 16.9. The summed E-state index contributed by atoms with van der Waals surface area (Å²) in [5.74, 6) is 0. The van der Waals surface area contributed by atoms with Crippen molar-refractivity contribution in [2.24, 2.45) is 0 Å². The summed E-state index contributed by atoms with van der Waals surface area (Å²) in [6, 6.07) is 14.1. The van der Waals surface area contributed by atoms with Crippen LogP contribution in [0, 0.1) is 0 Å². The molecule has 5 nitrogen and oxygen atoms in total. The smallest absolute Gasteiger partial charge is 0.319 e. The van der Waals surface area contributed by atoms with E-state index in [1.54, 1.807) is 24.3 Å². The van der Waals surface area contributed by atoms with Crippen LogP contribution in [-0.4, -0.2) is 28.8 Å². The molecule has 3 aromatic rings. The summed E-state index contributed by atoms with van der Waals surface area (Å²) in [5, 5.41) is 16.6. The van der Waals surface area contributed by atoms with E-state index in [2.05, 4.69) is 15.6 Å². The largest absolute Gasteiger partial charge is 0.394 e. The van der Waals surface area contributed by atoms with E-state index in [9.17, 15) is 9.90 Å². The Morgan fingerprint density at radius 3 is 2.71 bits per heavy atom. The van der Waals surface area contributed by atoms with Gasteiger partial charge in [0.25, 0.3) is 0 Å². The van der Waals surface area contributed by atoms with Crippen LogP contribution in [0.25, 0.3) is 10.9 Å². The summed E-state index contributed by atoms with van der Waals surface area (Å²) in [5.41, 5.74) is 2.60. The van der Waals surface area contributed by atoms with Gasteiger partial charge in [0, 0.05) is 17.1 Å². The number of benzene rings is 2. The Morgan fingerprint density at radius 1 is 1.17 bits per heavy atom. The first-order chi connectivity index (χ1) is 11.7. The minimum absolute atomic E-state index is 0.157. The Labute approximate surface area is 144 Å². The van der Waals surface area contributed by atoms with Gasteiger partial charge in [0.2, 0.25) is 0 Å². The lowest BCUT2D eigenvalue weighted by Crippen LogP contribution is -2.41. The molecular formula is C18H18ClN3O2. The molecule has 0 aliphatic rings. The lowest BCUT2D eigenvalue weighted by Gasteiger charge is -2.17. The summed E-state index contributed by atoms with van der Waals surface area (Å²) in [4.78, 5) is 15.3. The normalized spacial score (nSPS) is 12.1. The monoisotopic (exact) mass is 343 g/mol. The molecule has 2 amide bonds. The van der Waals surface area contributed by atoms with Gasteiger partial charge in [-0.05, 0) is 30.2 Å². The van der Waals surface area contributed by atoms with Gasteiger partial charge in [-0.15, -0.1) is 0 Å². The van der Waals surface area contributed by atoms with Crippen LogP contribution in [0.1, 0.15) is 5.56 Å². The first-order valence-corrected chi connectivity index (χ1v) is 8.03. The highest BCUT2D eigenvalue weighted by Crippen LogP contribution is 2.21. The molecule has 6 heteroatoms. The molecule has 124 valence electrons. The number of carbonyl (C=O) groups excluding carboxylic acids is 1. The molecule has 0 saturated carbocycles. The van der Waals surface area contributed by atoms with Crippen molar-refractivity contribution in [2.75, 3.05) is 11.9 Å². The van der Waals surface area contributed by atoms with Crippen LogP contribution in [0.5, 0.6) is 0 Å². The van der Waals surface area contributed by atoms with Crippen LogP contribution in [-0.2, 0) is 6.42 Å². The maximum atomic E-state index is 12.1. The van der Waals surface area contributed by atoms with Gasteiger partial charge in [0.05, 0.1) is 23.4 Å². The zero-order valence-corrected chi connectivity index (χ0v) is 13.7. The van der Waals surface area contributed by atoms with Crippen LogP contribution in [0.3, 0.4) is 0 Å². The van der Waals surface area contributed by atoms with Crippen LogP contribution in [0.15, 0.2) is 54.7 Å². The molecule has 0 spiro atoms. The Hall–Kier alpha value is -2.50. The van der Waals surface area contributed by atoms with Gasteiger partial charge < -0.3 is 20.7 Å². The fourth-order valence-electron chi connectivity index (χ4n) is 2.63. The fraction of sp³-hybridized carbons (Fsp3) is 0.167. The van der Waals surface area contributed by atoms with E-state index in [0.29, 0.717) is 17.1 Å². The number of aliphatic hydroxyl groups is 1. The second-order valence-corrected chi connectivity index (χ2v) is 5.93. The number of hydrogen-bond donors (Lipinski definition) is 4. The summed E-state index contributed by atoms with van der Waals surface area (Å²) in [7, 11) is 0. The predicted molar refractivity (Wildman–Crippen MR) is 96.5 cm³/mol. The van der Waals surface area contributed by atoms with Crippen molar-refractivity contribution in [3.05, 3.63) is 65.3 Å². The van der Waals surface area contributed by atoms with Crippen molar-refractivity contribution in [1.82, 2.24) is 10.3 Å². The van der Waals surface area contributed by atoms with Gasteiger partial charge in [-0.2, -0.15) is 0 Å².